The van der Waals surface area contributed by atoms with Crippen LogP contribution in [0.1, 0.15) is 31.8 Å². The summed E-state index contributed by atoms with van der Waals surface area (Å²) in [7, 11) is 0. The van der Waals surface area contributed by atoms with Gasteiger partial charge in [0.1, 0.15) is 17.5 Å². The van der Waals surface area contributed by atoms with Crippen LogP contribution in [-0.2, 0) is 0 Å². The quantitative estimate of drug-likeness (QED) is 0.253. The summed E-state index contributed by atoms with van der Waals surface area (Å²) in [6.45, 7) is 0. The third-order valence-corrected chi connectivity index (χ3v) is 6.64. The normalized spacial score (nSPS) is 12.3. The Hall–Kier alpha value is -4.77. The number of hydrogen-bond acceptors (Lipinski definition) is 2. The first kappa shape index (κ1) is 22.7. The van der Waals surface area contributed by atoms with E-state index in [4.69, 9.17) is 0 Å². The first-order valence-electron chi connectivity index (χ1n) is 11.6. The predicted molar refractivity (Wildman–Crippen MR) is 136 cm³/mol. The standard InChI is InChI=1S/C32H17F3O2/c33-21-11-5-18(6-12-21)26-17-27(19-7-13-22(34)14-8-19)29-30(28(26)20-9-15-23(35)16-10-20)32(37)25-4-2-1-3-24(25)31(29)36/h1-17H. The smallest absolute Gasteiger partial charge is 0.195 e. The largest absolute Gasteiger partial charge is 0.289 e. The zero-order valence-corrected chi connectivity index (χ0v) is 19.3. The van der Waals surface area contributed by atoms with E-state index >= 15 is 0 Å². The maximum absolute atomic E-state index is 14.0. The lowest BCUT2D eigenvalue weighted by atomic mass is 9.74. The van der Waals surface area contributed by atoms with Crippen LogP contribution in [0.15, 0.2) is 103 Å². The molecular formula is C32H17F3O2. The summed E-state index contributed by atoms with van der Waals surface area (Å²) in [5.74, 6) is -2.00. The Morgan fingerprint density at radius 2 is 0.757 bits per heavy atom. The molecule has 5 heteroatoms. The summed E-state index contributed by atoms with van der Waals surface area (Å²) < 4.78 is 41.5. The molecule has 37 heavy (non-hydrogen) atoms. The van der Waals surface area contributed by atoms with E-state index in [1.807, 2.05) is 0 Å². The molecule has 0 spiro atoms. The number of carbonyl (C=O) groups is 2. The molecule has 0 amide bonds. The average molecular weight is 490 g/mol. The van der Waals surface area contributed by atoms with Crippen LogP contribution in [0.25, 0.3) is 33.4 Å². The second-order valence-electron chi connectivity index (χ2n) is 8.82. The molecule has 0 atom stereocenters. The van der Waals surface area contributed by atoms with Crippen molar-refractivity contribution in [3.8, 4) is 33.4 Å². The van der Waals surface area contributed by atoms with Gasteiger partial charge in [-0.2, -0.15) is 0 Å². The molecule has 1 aliphatic rings. The Morgan fingerprint density at radius 1 is 0.378 bits per heavy atom. The van der Waals surface area contributed by atoms with E-state index < -0.39 is 17.5 Å². The van der Waals surface area contributed by atoms with Gasteiger partial charge in [-0.05, 0) is 70.3 Å². The zero-order valence-electron chi connectivity index (χ0n) is 19.3. The Labute approximate surface area is 210 Å². The van der Waals surface area contributed by atoms with Gasteiger partial charge >= 0.3 is 0 Å². The van der Waals surface area contributed by atoms with Crippen LogP contribution in [-0.4, -0.2) is 11.6 Å². The minimum absolute atomic E-state index is 0.177. The lowest BCUT2D eigenvalue weighted by molar-refractivity contribution is 0.0980. The monoisotopic (exact) mass is 490 g/mol. The summed E-state index contributed by atoms with van der Waals surface area (Å²) in [5.41, 5.74) is 4.06. The highest BCUT2D eigenvalue weighted by molar-refractivity contribution is 6.33. The maximum atomic E-state index is 14.0. The van der Waals surface area contributed by atoms with Crippen molar-refractivity contribution in [1.29, 1.82) is 0 Å². The first-order chi connectivity index (χ1) is 17.9. The van der Waals surface area contributed by atoms with Crippen molar-refractivity contribution >= 4 is 11.6 Å². The number of rotatable bonds is 3. The van der Waals surface area contributed by atoms with Crippen molar-refractivity contribution in [2.45, 2.75) is 0 Å². The molecule has 0 unspecified atom stereocenters. The molecule has 0 N–H and O–H groups in total. The highest BCUT2D eigenvalue weighted by atomic mass is 19.1. The fraction of sp³-hybridized carbons (Fsp3) is 0. The van der Waals surface area contributed by atoms with E-state index in [-0.39, 0.29) is 33.8 Å². The molecule has 5 aromatic carbocycles. The van der Waals surface area contributed by atoms with Gasteiger partial charge in [0.2, 0.25) is 0 Å². The second-order valence-corrected chi connectivity index (χ2v) is 8.82. The van der Waals surface area contributed by atoms with Gasteiger partial charge in [-0.3, -0.25) is 9.59 Å². The molecule has 0 heterocycles. The second kappa shape index (κ2) is 8.71. The summed E-state index contributed by atoms with van der Waals surface area (Å²) >= 11 is 0. The van der Waals surface area contributed by atoms with Gasteiger partial charge in [-0.25, -0.2) is 13.2 Å². The molecule has 6 rings (SSSR count). The fourth-order valence-corrected chi connectivity index (χ4v) is 4.93. The summed E-state index contributed by atoms with van der Waals surface area (Å²) in [6, 6.07) is 25.5. The van der Waals surface area contributed by atoms with Gasteiger partial charge in [-0.1, -0.05) is 60.7 Å². The van der Waals surface area contributed by atoms with E-state index in [1.165, 1.54) is 36.4 Å². The Balaban J connectivity index is 1.78. The van der Waals surface area contributed by atoms with E-state index in [0.29, 0.717) is 33.4 Å². The highest BCUT2D eigenvalue weighted by Crippen LogP contribution is 2.45. The molecule has 1 aliphatic carbocycles. The van der Waals surface area contributed by atoms with Crippen LogP contribution in [0.3, 0.4) is 0 Å². The number of ketones is 2. The van der Waals surface area contributed by atoms with Crippen LogP contribution in [0.5, 0.6) is 0 Å². The number of fused-ring (bicyclic) bond motifs is 2. The third-order valence-electron chi connectivity index (χ3n) is 6.64. The fourth-order valence-electron chi connectivity index (χ4n) is 4.93. The molecule has 0 aliphatic heterocycles. The van der Waals surface area contributed by atoms with E-state index in [2.05, 4.69) is 0 Å². The van der Waals surface area contributed by atoms with Gasteiger partial charge in [0.15, 0.2) is 11.6 Å². The van der Waals surface area contributed by atoms with Gasteiger partial charge in [0.05, 0.1) is 0 Å². The molecule has 0 bridgehead atoms. The Kier molecular flexibility index (Phi) is 5.34. The first-order valence-corrected chi connectivity index (χ1v) is 11.6. The minimum Gasteiger partial charge on any atom is -0.289 e. The van der Waals surface area contributed by atoms with Gasteiger partial charge < -0.3 is 0 Å². The van der Waals surface area contributed by atoms with Crippen molar-refractivity contribution in [3.63, 3.8) is 0 Å². The van der Waals surface area contributed by atoms with Crippen LogP contribution < -0.4 is 0 Å². The molecule has 0 fully saturated rings. The van der Waals surface area contributed by atoms with Gasteiger partial charge in [0, 0.05) is 27.8 Å². The molecule has 178 valence electrons. The lowest BCUT2D eigenvalue weighted by Crippen LogP contribution is -2.23. The van der Waals surface area contributed by atoms with Crippen molar-refractivity contribution in [3.05, 3.63) is 143 Å². The number of hydrogen-bond donors (Lipinski definition) is 0. The van der Waals surface area contributed by atoms with Crippen LogP contribution in [0.4, 0.5) is 13.2 Å². The highest BCUT2D eigenvalue weighted by Gasteiger charge is 2.36. The number of halogens is 3. The molecule has 2 nitrogen and oxygen atoms in total. The summed E-state index contributed by atoms with van der Waals surface area (Å²) in [6.07, 6.45) is 0. The topological polar surface area (TPSA) is 34.1 Å². The van der Waals surface area contributed by atoms with Gasteiger partial charge in [-0.15, -0.1) is 0 Å². The van der Waals surface area contributed by atoms with E-state index in [0.717, 1.165) is 0 Å². The zero-order chi connectivity index (χ0) is 25.7. The van der Waals surface area contributed by atoms with Crippen molar-refractivity contribution in [2.24, 2.45) is 0 Å². The van der Waals surface area contributed by atoms with E-state index in [9.17, 15) is 22.8 Å². The van der Waals surface area contributed by atoms with Crippen molar-refractivity contribution in [1.82, 2.24) is 0 Å². The molecule has 0 radical (unpaired) electrons. The molecule has 0 saturated heterocycles. The maximum Gasteiger partial charge on any atom is 0.195 e. The lowest BCUT2D eigenvalue weighted by Gasteiger charge is -2.26. The predicted octanol–water partition coefficient (Wildman–Crippen LogP) is 7.88. The van der Waals surface area contributed by atoms with Crippen LogP contribution in [0.2, 0.25) is 0 Å². The molecule has 5 aromatic rings. The van der Waals surface area contributed by atoms with Crippen molar-refractivity contribution in [2.75, 3.05) is 0 Å². The minimum atomic E-state index is -0.448. The SMILES string of the molecule is O=C1c2ccccc2C(=O)c2c1c(-c1ccc(F)cc1)cc(-c1ccc(F)cc1)c2-c1ccc(F)cc1. The molecule has 0 saturated carbocycles. The average Bonchev–Trinajstić information content (AvgIpc) is 2.92. The Bertz CT molecular complexity index is 1700. The van der Waals surface area contributed by atoms with Crippen LogP contribution >= 0.6 is 0 Å². The van der Waals surface area contributed by atoms with Gasteiger partial charge in [0.25, 0.3) is 0 Å². The molecular weight excluding hydrogens is 473 g/mol. The number of carbonyl (C=O) groups excluding carboxylic acids is 2. The molecule has 0 aromatic heterocycles. The van der Waals surface area contributed by atoms with Crippen LogP contribution in [0, 0.1) is 17.5 Å². The Morgan fingerprint density at radius 3 is 1.22 bits per heavy atom. The number of benzene rings is 5. The van der Waals surface area contributed by atoms with Crippen molar-refractivity contribution < 1.29 is 22.8 Å². The van der Waals surface area contributed by atoms with E-state index in [1.54, 1.807) is 66.7 Å². The third kappa shape index (κ3) is 3.76. The summed E-state index contributed by atoms with van der Waals surface area (Å²) in [4.78, 5) is 28.0. The summed E-state index contributed by atoms with van der Waals surface area (Å²) in [5, 5.41) is 0.